The molecule has 2 unspecified atom stereocenters. The summed E-state index contributed by atoms with van der Waals surface area (Å²) < 4.78 is 4.68. The van der Waals surface area contributed by atoms with Crippen LogP contribution in [0.15, 0.2) is 0 Å². The fourth-order valence-electron chi connectivity index (χ4n) is 2.20. The standard InChI is InChI=1S/C13H18N2O3S/c1-7-5-15(6-8(7)2)13-14-10(12(17)18-4)11(19-13)9(3)16/h7-8H,5-6H2,1-4H3. The van der Waals surface area contributed by atoms with Crippen molar-refractivity contribution in [3.63, 3.8) is 0 Å². The van der Waals surface area contributed by atoms with Crippen molar-refractivity contribution in [3.8, 4) is 0 Å². The maximum atomic E-state index is 11.6. The van der Waals surface area contributed by atoms with Crippen molar-refractivity contribution in [1.29, 1.82) is 0 Å². The molecule has 1 aliphatic rings. The number of ketones is 1. The summed E-state index contributed by atoms with van der Waals surface area (Å²) in [5, 5.41) is 0.738. The number of ether oxygens (including phenoxy) is 1. The molecule has 1 aromatic rings. The molecule has 0 bridgehead atoms. The van der Waals surface area contributed by atoms with Crippen molar-refractivity contribution in [2.45, 2.75) is 20.8 Å². The van der Waals surface area contributed by atoms with Crippen LogP contribution in [0.2, 0.25) is 0 Å². The van der Waals surface area contributed by atoms with Gasteiger partial charge in [-0.1, -0.05) is 25.2 Å². The van der Waals surface area contributed by atoms with Crippen molar-refractivity contribution in [1.82, 2.24) is 4.98 Å². The van der Waals surface area contributed by atoms with Gasteiger partial charge in [0.05, 0.1) is 7.11 Å². The van der Waals surface area contributed by atoms with Gasteiger partial charge in [-0.2, -0.15) is 0 Å². The molecule has 6 heteroatoms. The van der Waals surface area contributed by atoms with Gasteiger partial charge in [0, 0.05) is 20.0 Å². The van der Waals surface area contributed by atoms with E-state index in [-0.39, 0.29) is 11.5 Å². The van der Waals surface area contributed by atoms with Crippen LogP contribution in [0.5, 0.6) is 0 Å². The summed E-state index contributed by atoms with van der Waals surface area (Å²) >= 11 is 1.28. The third-order valence-corrected chi connectivity index (χ3v) is 4.79. The number of carbonyl (C=O) groups excluding carboxylic acids is 2. The van der Waals surface area contributed by atoms with E-state index in [1.807, 2.05) is 0 Å². The lowest BCUT2D eigenvalue weighted by atomic mass is 10.0. The predicted molar refractivity (Wildman–Crippen MR) is 74.0 cm³/mol. The number of hydrogen-bond donors (Lipinski definition) is 0. The molecule has 19 heavy (non-hydrogen) atoms. The van der Waals surface area contributed by atoms with Gasteiger partial charge in [0.25, 0.3) is 0 Å². The molecule has 0 spiro atoms. The molecule has 0 N–H and O–H groups in total. The van der Waals surface area contributed by atoms with E-state index >= 15 is 0 Å². The van der Waals surface area contributed by atoms with Crippen molar-refractivity contribution in [3.05, 3.63) is 10.6 Å². The molecule has 0 saturated carbocycles. The number of hydrogen-bond acceptors (Lipinski definition) is 6. The molecule has 1 aromatic heterocycles. The third kappa shape index (κ3) is 2.63. The Morgan fingerprint density at radius 2 is 1.89 bits per heavy atom. The average molecular weight is 282 g/mol. The number of carbonyl (C=O) groups is 2. The molecule has 2 rings (SSSR count). The lowest BCUT2D eigenvalue weighted by Crippen LogP contribution is -2.19. The third-order valence-electron chi connectivity index (χ3n) is 3.57. The van der Waals surface area contributed by atoms with Gasteiger partial charge in [0.2, 0.25) is 0 Å². The Bertz CT molecular complexity index is 502. The number of esters is 1. The zero-order valence-corrected chi connectivity index (χ0v) is 12.4. The summed E-state index contributed by atoms with van der Waals surface area (Å²) in [6.07, 6.45) is 0. The van der Waals surface area contributed by atoms with Crippen LogP contribution in [0.3, 0.4) is 0 Å². The summed E-state index contributed by atoms with van der Waals surface area (Å²) in [7, 11) is 1.30. The van der Waals surface area contributed by atoms with E-state index in [0.717, 1.165) is 18.2 Å². The van der Waals surface area contributed by atoms with Crippen LogP contribution in [0.25, 0.3) is 0 Å². The van der Waals surface area contributed by atoms with Crippen LogP contribution < -0.4 is 4.90 Å². The molecular weight excluding hydrogens is 264 g/mol. The first-order valence-electron chi connectivity index (χ1n) is 6.29. The maximum Gasteiger partial charge on any atom is 0.358 e. The second-order valence-electron chi connectivity index (χ2n) is 5.08. The van der Waals surface area contributed by atoms with Crippen LogP contribution in [0, 0.1) is 11.8 Å². The Morgan fingerprint density at radius 3 is 2.37 bits per heavy atom. The highest BCUT2D eigenvalue weighted by molar-refractivity contribution is 7.17. The van der Waals surface area contributed by atoms with Gasteiger partial charge in [-0.15, -0.1) is 0 Å². The second-order valence-corrected chi connectivity index (χ2v) is 6.06. The molecule has 0 aliphatic carbocycles. The first-order valence-corrected chi connectivity index (χ1v) is 7.10. The number of nitrogens with zero attached hydrogens (tertiary/aromatic N) is 2. The molecule has 2 heterocycles. The lowest BCUT2D eigenvalue weighted by Gasteiger charge is -2.13. The largest absolute Gasteiger partial charge is 0.464 e. The number of thiazole rings is 1. The normalized spacial score (nSPS) is 22.6. The number of aromatic nitrogens is 1. The first-order chi connectivity index (χ1) is 8.93. The molecule has 0 amide bonds. The number of Topliss-reactive ketones (excluding diaryl/α,β-unsaturated/α-hetero) is 1. The Hall–Kier alpha value is -1.43. The molecule has 1 aliphatic heterocycles. The molecule has 2 atom stereocenters. The van der Waals surface area contributed by atoms with Gasteiger partial charge in [-0.05, 0) is 11.8 Å². The fraction of sp³-hybridized carbons (Fsp3) is 0.615. The maximum absolute atomic E-state index is 11.6. The van der Waals surface area contributed by atoms with Crippen LogP contribution in [0.4, 0.5) is 5.13 Å². The highest BCUT2D eigenvalue weighted by Gasteiger charge is 2.30. The summed E-state index contributed by atoms with van der Waals surface area (Å²) in [6, 6.07) is 0. The first kappa shape index (κ1) is 14.0. The summed E-state index contributed by atoms with van der Waals surface area (Å²) in [6.45, 7) is 7.66. The van der Waals surface area contributed by atoms with E-state index in [2.05, 4.69) is 28.5 Å². The number of anilines is 1. The lowest BCUT2D eigenvalue weighted by molar-refractivity contribution is 0.0591. The Kier molecular flexibility index (Phi) is 3.89. The quantitative estimate of drug-likeness (QED) is 0.628. The van der Waals surface area contributed by atoms with Gasteiger partial charge < -0.3 is 9.64 Å². The van der Waals surface area contributed by atoms with E-state index in [0.29, 0.717) is 16.7 Å². The van der Waals surface area contributed by atoms with Crippen LogP contribution in [0.1, 0.15) is 40.9 Å². The summed E-state index contributed by atoms with van der Waals surface area (Å²) in [4.78, 5) is 30.1. The minimum atomic E-state index is -0.548. The predicted octanol–water partition coefficient (Wildman–Crippen LogP) is 2.22. The molecule has 1 fully saturated rings. The van der Waals surface area contributed by atoms with Crippen LogP contribution in [-0.2, 0) is 4.74 Å². The SMILES string of the molecule is COC(=O)c1nc(N2CC(C)C(C)C2)sc1C(C)=O. The Labute approximate surface area is 116 Å². The average Bonchev–Trinajstić information content (AvgIpc) is 2.93. The minimum absolute atomic E-state index is 0.141. The van der Waals surface area contributed by atoms with Crippen molar-refractivity contribution < 1.29 is 14.3 Å². The van der Waals surface area contributed by atoms with Gasteiger partial charge >= 0.3 is 5.97 Å². The van der Waals surface area contributed by atoms with E-state index < -0.39 is 5.97 Å². The van der Waals surface area contributed by atoms with Crippen molar-refractivity contribution in [2.24, 2.45) is 11.8 Å². The van der Waals surface area contributed by atoms with Crippen LogP contribution in [-0.4, -0.2) is 36.9 Å². The van der Waals surface area contributed by atoms with Crippen LogP contribution >= 0.6 is 11.3 Å². The zero-order valence-electron chi connectivity index (χ0n) is 11.6. The van der Waals surface area contributed by atoms with E-state index in [4.69, 9.17) is 0 Å². The van der Waals surface area contributed by atoms with Crippen molar-refractivity contribution >= 4 is 28.2 Å². The van der Waals surface area contributed by atoms with Gasteiger partial charge in [0.15, 0.2) is 16.6 Å². The van der Waals surface area contributed by atoms with E-state index in [9.17, 15) is 9.59 Å². The second kappa shape index (κ2) is 5.28. The van der Waals surface area contributed by atoms with Gasteiger partial charge in [0.1, 0.15) is 4.88 Å². The number of methoxy groups -OCH3 is 1. The molecular formula is C13H18N2O3S. The Morgan fingerprint density at radius 1 is 1.32 bits per heavy atom. The minimum Gasteiger partial charge on any atom is -0.464 e. The van der Waals surface area contributed by atoms with Gasteiger partial charge in [-0.25, -0.2) is 9.78 Å². The number of rotatable bonds is 3. The Balaban J connectivity index is 2.33. The zero-order chi connectivity index (χ0) is 14.2. The summed E-state index contributed by atoms with van der Waals surface area (Å²) in [5.41, 5.74) is 0.141. The molecule has 0 radical (unpaired) electrons. The molecule has 0 aromatic carbocycles. The van der Waals surface area contributed by atoms with Crippen molar-refractivity contribution in [2.75, 3.05) is 25.1 Å². The highest BCUT2D eigenvalue weighted by atomic mass is 32.1. The monoisotopic (exact) mass is 282 g/mol. The topological polar surface area (TPSA) is 59.5 Å². The molecule has 1 saturated heterocycles. The van der Waals surface area contributed by atoms with E-state index in [1.165, 1.54) is 25.4 Å². The molecule has 5 nitrogen and oxygen atoms in total. The van der Waals surface area contributed by atoms with E-state index in [1.54, 1.807) is 0 Å². The van der Waals surface area contributed by atoms with Gasteiger partial charge in [-0.3, -0.25) is 4.79 Å². The summed E-state index contributed by atoms with van der Waals surface area (Å²) in [5.74, 6) is 0.481. The fourth-order valence-corrected chi connectivity index (χ4v) is 3.17. The highest BCUT2D eigenvalue weighted by Crippen LogP contribution is 2.33. The smallest absolute Gasteiger partial charge is 0.358 e. The molecule has 104 valence electrons.